The molecule has 1 fully saturated rings. The highest BCUT2D eigenvalue weighted by Crippen LogP contribution is 2.30. The van der Waals surface area contributed by atoms with Gasteiger partial charge in [0.1, 0.15) is 16.2 Å². The fourth-order valence-corrected chi connectivity index (χ4v) is 4.99. The maximum absolute atomic E-state index is 13.1. The number of morpholine rings is 1. The zero-order valence-electron chi connectivity index (χ0n) is 17.8. The Morgan fingerprint density at radius 3 is 2.61 bits per heavy atom. The van der Waals surface area contributed by atoms with Crippen molar-refractivity contribution in [2.75, 3.05) is 38.7 Å². The minimum atomic E-state index is -3.87. The lowest BCUT2D eigenvalue weighted by molar-refractivity contribution is 0.0729. The van der Waals surface area contributed by atoms with Gasteiger partial charge in [-0.15, -0.1) is 0 Å². The lowest BCUT2D eigenvalue weighted by Gasteiger charge is -2.26. The highest BCUT2D eigenvalue weighted by Gasteiger charge is 2.29. The van der Waals surface area contributed by atoms with Crippen LogP contribution in [0.25, 0.3) is 11.4 Å². The number of anilines is 1. The maximum Gasteiger partial charge on any atom is 0.261 e. The molecule has 2 N–H and O–H groups in total. The molecule has 172 valence electrons. The van der Waals surface area contributed by atoms with Gasteiger partial charge >= 0.3 is 0 Å². The van der Waals surface area contributed by atoms with E-state index in [0.717, 1.165) is 0 Å². The highest BCUT2D eigenvalue weighted by atomic mass is 32.2. The Kier molecular flexibility index (Phi) is 6.54. The first kappa shape index (κ1) is 22.6. The quantitative estimate of drug-likeness (QED) is 0.561. The van der Waals surface area contributed by atoms with E-state index in [2.05, 4.69) is 15.3 Å². The lowest BCUT2D eigenvalue weighted by Crippen LogP contribution is -2.40. The average molecular weight is 471 g/mol. The number of nitrogens with zero attached hydrogens (tertiary/aromatic N) is 2. The molecule has 0 aliphatic carbocycles. The molecule has 0 bridgehead atoms. The van der Waals surface area contributed by atoms with Gasteiger partial charge in [0.2, 0.25) is 10.0 Å². The predicted octanol–water partition coefficient (Wildman–Crippen LogP) is 1.72. The van der Waals surface area contributed by atoms with Crippen molar-refractivity contribution in [1.82, 2.24) is 14.3 Å². The molecule has 0 saturated carbocycles. The van der Waals surface area contributed by atoms with Crippen molar-refractivity contribution >= 4 is 21.6 Å². The highest BCUT2D eigenvalue weighted by molar-refractivity contribution is 7.89. The summed E-state index contributed by atoms with van der Waals surface area (Å²) < 4.78 is 38.0. The Hall–Kier alpha value is -3.54. The Morgan fingerprint density at radius 1 is 1.15 bits per heavy atom. The number of methoxy groups -OCH3 is 1. The van der Waals surface area contributed by atoms with E-state index in [1.54, 1.807) is 30.5 Å². The first-order chi connectivity index (χ1) is 15.9. The van der Waals surface area contributed by atoms with Crippen LogP contribution in [0.15, 0.2) is 64.4 Å². The van der Waals surface area contributed by atoms with Gasteiger partial charge in [-0.2, -0.15) is 4.31 Å². The van der Waals surface area contributed by atoms with Gasteiger partial charge < -0.3 is 19.8 Å². The second-order valence-corrected chi connectivity index (χ2v) is 9.07. The van der Waals surface area contributed by atoms with Crippen molar-refractivity contribution in [3.05, 3.63) is 70.6 Å². The van der Waals surface area contributed by atoms with Crippen molar-refractivity contribution in [3.8, 4) is 17.1 Å². The Bertz CT molecular complexity index is 1320. The summed E-state index contributed by atoms with van der Waals surface area (Å²) in [6.07, 6.45) is 1.60. The van der Waals surface area contributed by atoms with Crippen molar-refractivity contribution in [3.63, 3.8) is 0 Å². The van der Waals surface area contributed by atoms with E-state index in [0.29, 0.717) is 24.6 Å². The van der Waals surface area contributed by atoms with E-state index < -0.39 is 21.5 Å². The van der Waals surface area contributed by atoms with Crippen LogP contribution in [0, 0.1) is 0 Å². The molecule has 0 unspecified atom stereocenters. The Balaban J connectivity index is 1.60. The van der Waals surface area contributed by atoms with Gasteiger partial charge in [0.25, 0.3) is 11.5 Å². The molecule has 11 heteroatoms. The van der Waals surface area contributed by atoms with E-state index in [1.165, 1.54) is 35.7 Å². The number of H-pyrrole nitrogens is 1. The van der Waals surface area contributed by atoms with Crippen molar-refractivity contribution < 1.29 is 22.7 Å². The minimum Gasteiger partial charge on any atom is -0.495 e. The van der Waals surface area contributed by atoms with Crippen LogP contribution in [0.5, 0.6) is 5.75 Å². The number of nitrogens with one attached hydrogen (secondary N) is 2. The molecule has 0 spiro atoms. The minimum absolute atomic E-state index is 0.0795. The molecule has 1 saturated heterocycles. The van der Waals surface area contributed by atoms with E-state index >= 15 is 0 Å². The van der Waals surface area contributed by atoms with E-state index in [-0.39, 0.29) is 35.0 Å². The average Bonchev–Trinajstić information content (AvgIpc) is 2.85. The molecule has 3 heterocycles. The van der Waals surface area contributed by atoms with Gasteiger partial charge in [-0.1, -0.05) is 6.07 Å². The number of amides is 1. The standard InChI is InChI=1S/C22H22N4O6S/c1-31-19-8-5-15(14-20(19)33(29,30)26-10-12-32-13-11-26)24-21(27)16-6-7-18(25-22(16)28)17-4-2-3-9-23-17/h2-9,14H,10-13H2,1H3,(H,24,27)(H,25,28). The van der Waals surface area contributed by atoms with E-state index in [4.69, 9.17) is 9.47 Å². The first-order valence-corrected chi connectivity index (χ1v) is 11.6. The van der Waals surface area contributed by atoms with Crippen LogP contribution >= 0.6 is 0 Å². The maximum atomic E-state index is 13.1. The number of hydrogen-bond donors (Lipinski definition) is 2. The topological polar surface area (TPSA) is 131 Å². The van der Waals surface area contributed by atoms with Crippen LogP contribution in [0.3, 0.4) is 0 Å². The summed E-state index contributed by atoms with van der Waals surface area (Å²) in [5.41, 5.74) is 0.532. The molecular formula is C22H22N4O6S. The third-order valence-electron chi connectivity index (χ3n) is 5.10. The van der Waals surface area contributed by atoms with Gasteiger partial charge in [0.15, 0.2) is 0 Å². The van der Waals surface area contributed by atoms with Crippen molar-refractivity contribution in [2.45, 2.75) is 4.90 Å². The molecule has 10 nitrogen and oxygen atoms in total. The number of benzene rings is 1. The Morgan fingerprint density at radius 2 is 1.94 bits per heavy atom. The Labute approximate surface area is 190 Å². The number of hydrogen-bond acceptors (Lipinski definition) is 7. The zero-order valence-corrected chi connectivity index (χ0v) is 18.6. The summed E-state index contributed by atoms with van der Waals surface area (Å²) in [5, 5.41) is 2.59. The SMILES string of the molecule is COc1ccc(NC(=O)c2ccc(-c3ccccn3)[nH]c2=O)cc1S(=O)(=O)N1CCOCC1. The fourth-order valence-electron chi connectivity index (χ4n) is 3.40. The lowest BCUT2D eigenvalue weighted by atomic mass is 10.2. The third kappa shape index (κ3) is 4.80. The smallest absolute Gasteiger partial charge is 0.261 e. The van der Waals surface area contributed by atoms with Gasteiger partial charge in [-0.05, 0) is 42.5 Å². The van der Waals surface area contributed by atoms with Crippen LogP contribution < -0.4 is 15.6 Å². The predicted molar refractivity (Wildman–Crippen MR) is 121 cm³/mol. The molecule has 0 atom stereocenters. The van der Waals surface area contributed by atoms with E-state index in [9.17, 15) is 18.0 Å². The summed E-state index contributed by atoms with van der Waals surface area (Å²) in [7, 11) is -2.50. The second kappa shape index (κ2) is 9.53. The number of carbonyl (C=O) groups excluding carboxylic acids is 1. The molecule has 4 rings (SSSR count). The number of ether oxygens (including phenoxy) is 2. The summed E-state index contributed by atoms with van der Waals surface area (Å²) >= 11 is 0. The van der Waals surface area contributed by atoms with E-state index in [1.807, 2.05) is 0 Å². The summed E-state index contributed by atoms with van der Waals surface area (Å²) in [5.74, 6) is -0.527. The van der Waals surface area contributed by atoms with Crippen LogP contribution in [0.1, 0.15) is 10.4 Å². The van der Waals surface area contributed by atoms with Crippen LogP contribution in [0.2, 0.25) is 0 Å². The molecule has 1 amide bonds. The second-order valence-electron chi connectivity index (χ2n) is 7.17. The molecule has 1 aliphatic rings. The van der Waals surface area contributed by atoms with Gasteiger partial charge in [-0.3, -0.25) is 14.6 Å². The fraction of sp³-hybridized carbons (Fsp3) is 0.227. The van der Waals surface area contributed by atoms with Gasteiger partial charge in [0, 0.05) is 25.0 Å². The normalized spacial score (nSPS) is 14.6. The zero-order chi connectivity index (χ0) is 23.4. The van der Waals surface area contributed by atoms with Gasteiger partial charge in [0.05, 0.1) is 31.7 Å². The molecule has 2 aromatic heterocycles. The number of aromatic nitrogens is 2. The van der Waals surface area contributed by atoms with Gasteiger partial charge in [-0.25, -0.2) is 8.42 Å². The monoisotopic (exact) mass is 470 g/mol. The molecular weight excluding hydrogens is 448 g/mol. The summed E-state index contributed by atoms with van der Waals surface area (Å²) in [6, 6.07) is 12.5. The van der Waals surface area contributed by atoms with Crippen molar-refractivity contribution in [1.29, 1.82) is 0 Å². The number of rotatable bonds is 6. The van der Waals surface area contributed by atoms with Crippen LogP contribution in [-0.2, 0) is 14.8 Å². The molecule has 3 aromatic rings. The number of sulfonamides is 1. The summed E-state index contributed by atoms with van der Waals surface area (Å²) in [6.45, 7) is 1.05. The number of aromatic amines is 1. The van der Waals surface area contributed by atoms with Crippen molar-refractivity contribution in [2.24, 2.45) is 0 Å². The number of pyridine rings is 2. The number of carbonyl (C=O) groups is 1. The van der Waals surface area contributed by atoms with Crippen LogP contribution in [0.4, 0.5) is 5.69 Å². The molecule has 33 heavy (non-hydrogen) atoms. The molecule has 1 aliphatic heterocycles. The summed E-state index contributed by atoms with van der Waals surface area (Å²) in [4.78, 5) is 32.0. The third-order valence-corrected chi connectivity index (χ3v) is 7.02. The molecule has 1 aromatic carbocycles. The van der Waals surface area contributed by atoms with Crippen LogP contribution in [-0.4, -0.2) is 62.0 Å². The first-order valence-electron chi connectivity index (χ1n) is 10.1. The largest absolute Gasteiger partial charge is 0.495 e. The molecule has 0 radical (unpaired) electrons.